The van der Waals surface area contributed by atoms with Crippen LogP contribution in [0, 0.1) is 0 Å². The van der Waals surface area contributed by atoms with Crippen molar-refractivity contribution < 1.29 is 9.59 Å². The van der Waals surface area contributed by atoms with Gasteiger partial charge < -0.3 is 10.2 Å². The number of rotatable bonds is 8. The average molecular weight is 359 g/mol. The van der Waals surface area contributed by atoms with Crippen molar-refractivity contribution in [1.82, 2.24) is 10.2 Å². The van der Waals surface area contributed by atoms with Gasteiger partial charge in [0.05, 0.1) is 0 Å². The van der Waals surface area contributed by atoms with E-state index in [0.717, 1.165) is 18.4 Å². The highest BCUT2D eigenvalue weighted by Crippen LogP contribution is 2.23. The van der Waals surface area contributed by atoms with Crippen LogP contribution >= 0.6 is 23.2 Å². The van der Waals surface area contributed by atoms with Gasteiger partial charge in [-0.15, -0.1) is 0 Å². The molecule has 4 nitrogen and oxygen atoms in total. The zero-order chi connectivity index (χ0) is 17.4. The van der Waals surface area contributed by atoms with E-state index < -0.39 is 6.04 Å². The molecule has 0 unspecified atom stereocenters. The molecule has 0 aliphatic heterocycles. The number of carbonyl (C=O) groups is 2. The number of nitrogens with zero attached hydrogens (tertiary/aromatic N) is 1. The monoisotopic (exact) mass is 358 g/mol. The van der Waals surface area contributed by atoms with Crippen molar-refractivity contribution in [3.63, 3.8) is 0 Å². The molecule has 0 bridgehead atoms. The van der Waals surface area contributed by atoms with Gasteiger partial charge in [0, 0.05) is 29.6 Å². The molecule has 1 N–H and O–H groups in total. The molecule has 0 saturated heterocycles. The van der Waals surface area contributed by atoms with Crippen molar-refractivity contribution in [2.75, 3.05) is 6.54 Å². The van der Waals surface area contributed by atoms with E-state index in [1.807, 2.05) is 0 Å². The van der Waals surface area contributed by atoms with Crippen LogP contribution in [0.25, 0.3) is 0 Å². The predicted octanol–water partition coefficient (Wildman–Crippen LogP) is 4.04. The first kappa shape index (κ1) is 19.8. The zero-order valence-corrected chi connectivity index (χ0v) is 15.4. The molecule has 1 atom stereocenters. The van der Waals surface area contributed by atoms with Crippen LogP contribution in [0.5, 0.6) is 0 Å². The van der Waals surface area contributed by atoms with Crippen molar-refractivity contribution in [2.45, 2.75) is 52.6 Å². The smallest absolute Gasteiger partial charge is 0.242 e. The average Bonchev–Trinajstić information content (AvgIpc) is 2.53. The number of hydrogen-bond donors (Lipinski definition) is 1. The van der Waals surface area contributed by atoms with Gasteiger partial charge in [-0.05, 0) is 31.0 Å². The van der Waals surface area contributed by atoms with Gasteiger partial charge in [0.2, 0.25) is 11.8 Å². The van der Waals surface area contributed by atoms with Crippen LogP contribution in [0.2, 0.25) is 10.0 Å². The minimum Gasteiger partial charge on any atom is -0.354 e. The van der Waals surface area contributed by atoms with Gasteiger partial charge >= 0.3 is 0 Å². The van der Waals surface area contributed by atoms with E-state index in [2.05, 4.69) is 12.2 Å². The molecule has 1 aromatic rings. The highest BCUT2D eigenvalue weighted by Gasteiger charge is 2.25. The lowest BCUT2D eigenvalue weighted by atomic mass is 10.1. The van der Waals surface area contributed by atoms with Crippen molar-refractivity contribution in [2.24, 2.45) is 0 Å². The second-order valence-corrected chi connectivity index (χ2v) is 6.28. The van der Waals surface area contributed by atoms with Crippen LogP contribution in [0.15, 0.2) is 18.2 Å². The molecule has 128 valence electrons. The van der Waals surface area contributed by atoms with Crippen molar-refractivity contribution in [3.8, 4) is 0 Å². The third-order valence-corrected chi connectivity index (χ3v) is 4.24. The van der Waals surface area contributed by atoms with E-state index in [1.165, 1.54) is 0 Å². The molecular formula is C17H24Cl2N2O2. The SMILES string of the molecule is CCCCNC(=O)[C@@H](C)N(Cc1ccc(Cl)cc1Cl)C(=O)CC. The summed E-state index contributed by atoms with van der Waals surface area (Å²) < 4.78 is 0. The van der Waals surface area contributed by atoms with Gasteiger partial charge in [-0.1, -0.05) is 49.5 Å². The fourth-order valence-electron chi connectivity index (χ4n) is 2.16. The first-order valence-corrected chi connectivity index (χ1v) is 8.67. The van der Waals surface area contributed by atoms with Crippen LogP contribution in [-0.2, 0) is 16.1 Å². The van der Waals surface area contributed by atoms with Crippen LogP contribution in [0.1, 0.15) is 45.6 Å². The first-order chi connectivity index (χ1) is 10.9. The Kier molecular flexibility index (Phi) is 8.42. The highest BCUT2D eigenvalue weighted by molar-refractivity contribution is 6.35. The molecule has 1 rings (SSSR count). The molecule has 0 spiro atoms. The third kappa shape index (κ3) is 6.04. The van der Waals surface area contributed by atoms with E-state index >= 15 is 0 Å². The largest absolute Gasteiger partial charge is 0.354 e. The lowest BCUT2D eigenvalue weighted by Gasteiger charge is -2.28. The maximum absolute atomic E-state index is 12.2. The van der Waals surface area contributed by atoms with Crippen molar-refractivity contribution >= 4 is 35.0 Å². The second-order valence-electron chi connectivity index (χ2n) is 5.43. The molecule has 1 aromatic carbocycles. The van der Waals surface area contributed by atoms with E-state index in [1.54, 1.807) is 36.9 Å². The second kappa shape index (κ2) is 9.78. The minimum absolute atomic E-state index is 0.0887. The molecule has 0 saturated carbocycles. The molecule has 0 aromatic heterocycles. The Labute approximate surface area is 148 Å². The van der Waals surface area contributed by atoms with Crippen molar-refractivity contribution in [3.05, 3.63) is 33.8 Å². The third-order valence-electron chi connectivity index (χ3n) is 3.66. The molecule has 0 aliphatic rings. The molecule has 0 radical (unpaired) electrons. The molecule has 0 aliphatic carbocycles. The number of hydrogen-bond acceptors (Lipinski definition) is 2. The molecule has 23 heavy (non-hydrogen) atoms. The summed E-state index contributed by atoms with van der Waals surface area (Å²) in [6, 6.07) is 4.59. The van der Waals surface area contributed by atoms with Gasteiger partial charge in [0.25, 0.3) is 0 Å². The Morgan fingerprint density at radius 2 is 1.96 bits per heavy atom. The number of carbonyl (C=O) groups excluding carboxylic acids is 2. The fraction of sp³-hybridized carbons (Fsp3) is 0.529. The summed E-state index contributed by atoms with van der Waals surface area (Å²) in [6.45, 7) is 6.48. The van der Waals surface area contributed by atoms with Crippen molar-refractivity contribution in [1.29, 1.82) is 0 Å². The number of unbranched alkanes of at least 4 members (excludes halogenated alkanes) is 1. The lowest BCUT2D eigenvalue weighted by molar-refractivity contribution is -0.140. The summed E-state index contributed by atoms with van der Waals surface area (Å²) in [5, 5.41) is 3.90. The highest BCUT2D eigenvalue weighted by atomic mass is 35.5. The lowest BCUT2D eigenvalue weighted by Crippen LogP contribution is -2.47. The summed E-state index contributed by atoms with van der Waals surface area (Å²) >= 11 is 12.1. The van der Waals surface area contributed by atoms with E-state index in [-0.39, 0.29) is 18.4 Å². The van der Waals surface area contributed by atoms with Gasteiger partial charge in [-0.25, -0.2) is 0 Å². The summed E-state index contributed by atoms with van der Waals surface area (Å²) in [4.78, 5) is 26.0. The first-order valence-electron chi connectivity index (χ1n) is 7.91. The Hall–Kier alpha value is -1.26. The standard InChI is InChI=1S/C17H24Cl2N2O2/c1-4-6-9-20-17(23)12(3)21(16(22)5-2)11-13-7-8-14(18)10-15(13)19/h7-8,10,12H,4-6,9,11H2,1-3H3,(H,20,23)/t12-/m1/s1. The Balaban J connectivity index is 2.87. The fourth-order valence-corrected chi connectivity index (χ4v) is 2.62. The predicted molar refractivity (Wildman–Crippen MR) is 94.7 cm³/mol. The Morgan fingerprint density at radius 1 is 1.26 bits per heavy atom. The van der Waals surface area contributed by atoms with Gasteiger partial charge in [0.15, 0.2) is 0 Å². The Morgan fingerprint density at radius 3 is 2.52 bits per heavy atom. The summed E-state index contributed by atoms with van der Waals surface area (Å²) in [7, 11) is 0. The molecule has 0 fully saturated rings. The van der Waals surface area contributed by atoms with Crippen LogP contribution in [0.4, 0.5) is 0 Å². The summed E-state index contributed by atoms with van der Waals surface area (Å²) in [5.74, 6) is -0.237. The maximum Gasteiger partial charge on any atom is 0.242 e. The molecule has 0 heterocycles. The van der Waals surface area contributed by atoms with Crippen LogP contribution in [0.3, 0.4) is 0 Å². The minimum atomic E-state index is -0.550. The number of halogens is 2. The summed E-state index contributed by atoms with van der Waals surface area (Å²) in [5.41, 5.74) is 0.770. The van der Waals surface area contributed by atoms with E-state index in [9.17, 15) is 9.59 Å². The number of amides is 2. The number of nitrogens with one attached hydrogen (secondary N) is 1. The Bertz CT molecular complexity index is 549. The van der Waals surface area contributed by atoms with Crippen LogP contribution < -0.4 is 5.32 Å². The quantitative estimate of drug-likeness (QED) is 0.713. The molecule has 6 heteroatoms. The normalized spacial score (nSPS) is 11.9. The topological polar surface area (TPSA) is 49.4 Å². The molecular weight excluding hydrogens is 335 g/mol. The van der Waals surface area contributed by atoms with Gasteiger partial charge in [-0.3, -0.25) is 9.59 Å². The van der Waals surface area contributed by atoms with Crippen LogP contribution in [-0.4, -0.2) is 29.3 Å². The summed E-state index contributed by atoms with van der Waals surface area (Å²) in [6.07, 6.45) is 2.26. The van der Waals surface area contributed by atoms with Gasteiger partial charge in [0.1, 0.15) is 6.04 Å². The van der Waals surface area contributed by atoms with Gasteiger partial charge in [-0.2, -0.15) is 0 Å². The maximum atomic E-state index is 12.2. The molecule has 2 amide bonds. The zero-order valence-electron chi connectivity index (χ0n) is 13.9. The van der Waals surface area contributed by atoms with E-state index in [0.29, 0.717) is 23.0 Å². The van der Waals surface area contributed by atoms with E-state index in [4.69, 9.17) is 23.2 Å². The number of benzene rings is 1.